The zero-order chi connectivity index (χ0) is 20.5. The van der Waals surface area contributed by atoms with Crippen LogP contribution >= 0.6 is 15.9 Å². The predicted octanol–water partition coefficient (Wildman–Crippen LogP) is 3.04. The molecule has 0 radical (unpaired) electrons. The Labute approximate surface area is 181 Å². The van der Waals surface area contributed by atoms with Crippen molar-refractivity contribution in [3.63, 3.8) is 0 Å². The first kappa shape index (κ1) is 21.9. The second kappa shape index (κ2) is 11.4. The number of hydrogen-bond acceptors (Lipinski definition) is 6. The molecule has 0 amide bonds. The molecule has 1 saturated heterocycles. The van der Waals surface area contributed by atoms with Gasteiger partial charge in [-0.25, -0.2) is 0 Å². The zero-order valence-electron chi connectivity index (χ0n) is 16.8. The number of anilines is 1. The van der Waals surface area contributed by atoms with Gasteiger partial charge in [0.1, 0.15) is 18.1 Å². The van der Waals surface area contributed by atoms with Gasteiger partial charge in [0.2, 0.25) is 0 Å². The maximum atomic E-state index is 10.2. The van der Waals surface area contributed by atoms with Crippen molar-refractivity contribution in [2.24, 2.45) is 0 Å². The van der Waals surface area contributed by atoms with Gasteiger partial charge in [-0.2, -0.15) is 0 Å². The standard InChI is InChI=1S/C22H29BrN2O4/c1-27-21-8-4-19(5-9-21)25-12-10-24(11-13-25)16-20(26)17-28-14-15-29-22-6-2-18(23)3-7-22/h2-9,20,26H,10-17H2,1H3/t20-/m1/s1. The van der Waals surface area contributed by atoms with Crippen molar-refractivity contribution in [3.8, 4) is 11.5 Å². The molecule has 1 N–H and O–H groups in total. The summed E-state index contributed by atoms with van der Waals surface area (Å²) in [5.41, 5.74) is 1.21. The number of halogens is 1. The summed E-state index contributed by atoms with van der Waals surface area (Å²) in [6, 6.07) is 15.9. The molecule has 0 unspecified atom stereocenters. The van der Waals surface area contributed by atoms with Crippen molar-refractivity contribution in [2.75, 3.05) is 64.6 Å². The molecule has 1 fully saturated rings. The highest BCUT2D eigenvalue weighted by Crippen LogP contribution is 2.20. The van der Waals surface area contributed by atoms with Crippen LogP contribution in [-0.2, 0) is 4.74 Å². The van der Waals surface area contributed by atoms with Gasteiger partial charge < -0.3 is 24.2 Å². The van der Waals surface area contributed by atoms with Crippen LogP contribution in [0.1, 0.15) is 0 Å². The molecule has 2 aromatic carbocycles. The average molecular weight is 465 g/mol. The van der Waals surface area contributed by atoms with Crippen LogP contribution in [0.15, 0.2) is 53.0 Å². The normalized spacial score (nSPS) is 15.9. The van der Waals surface area contributed by atoms with E-state index in [1.54, 1.807) is 7.11 Å². The number of nitrogens with zero attached hydrogens (tertiary/aromatic N) is 2. The lowest BCUT2D eigenvalue weighted by Gasteiger charge is -2.36. The quantitative estimate of drug-likeness (QED) is 0.545. The van der Waals surface area contributed by atoms with E-state index in [4.69, 9.17) is 14.2 Å². The van der Waals surface area contributed by atoms with Crippen LogP contribution in [0, 0.1) is 0 Å². The molecule has 6 nitrogen and oxygen atoms in total. The van der Waals surface area contributed by atoms with Gasteiger partial charge in [-0.1, -0.05) is 15.9 Å². The molecule has 3 rings (SSSR count). The summed E-state index contributed by atoms with van der Waals surface area (Å²) in [5, 5.41) is 10.2. The van der Waals surface area contributed by atoms with Gasteiger partial charge in [-0.3, -0.25) is 4.90 Å². The topological polar surface area (TPSA) is 54.4 Å². The van der Waals surface area contributed by atoms with Crippen molar-refractivity contribution in [3.05, 3.63) is 53.0 Å². The minimum atomic E-state index is -0.491. The van der Waals surface area contributed by atoms with Gasteiger partial charge in [0.25, 0.3) is 0 Å². The molecule has 0 spiro atoms. The molecule has 0 bridgehead atoms. The summed E-state index contributed by atoms with van der Waals surface area (Å²) in [4.78, 5) is 4.64. The van der Waals surface area contributed by atoms with Crippen molar-refractivity contribution >= 4 is 21.6 Å². The Morgan fingerprint density at radius 3 is 2.24 bits per heavy atom. The zero-order valence-corrected chi connectivity index (χ0v) is 18.4. The third-order valence-corrected chi connectivity index (χ3v) is 5.43. The monoisotopic (exact) mass is 464 g/mol. The minimum Gasteiger partial charge on any atom is -0.497 e. The summed E-state index contributed by atoms with van der Waals surface area (Å²) < 4.78 is 17.4. The molecule has 1 aliphatic rings. The van der Waals surface area contributed by atoms with E-state index in [9.17, 15) is 5.11 Å². The number of ether oxygens (including phenoxy) is 3. The van der Waals surface area contributed by atoms with Crippen LogP contribution in [-0.4, -0.2) is 75.8 Å². The Kier molecular flexibility index (Phi) is 8.61. The molecule has 1 heterocycles. The van der Waals surface area contributed by atoms with Crippen LogP contribution in [0.25, 0.3) is 0 Å². The Morgan fingerprint density at radius 2 is 1.59 bits per heavy atom. The van der Waals surface area contributed by atoms with E-state index in [0.29, 0.717) is 26.4 Å². The summed E-state index contributed by atoms with van der Waals surface area (Å²) in [5.74, 6) is 1.69. The fourth-order valence-corrected chi connectivity index (χ4v) is 3.57. The highest BCUT2D eigenvalue weighted by atomic mass is 79.9. The number of β-amino-alcohol motifs (C(OH)–C–C–N with tert-alkyl or cyclic N) is 1. The highest BCUT2D eigenvalue weighted by molar-refractivity contribution is 9.10. The maximum absolute atomic E-state index is 10.2. The lowest BCUT2D eigenvalue weighted by atomic mass is 10.2. The number of piperazine rings is 1. The van der Waals surface area contributed by atoms with E-state index >= 15 is 0 Å². The molecule has 1 aliphatic heterocycles. The van der Waals surface area contributed by atoms with Crippen LogP contribution in [0.3, 0.4) is 0 Å². The van der Waals surface area contributed by atoms with Gasteiger partial charge in [0.15, 0.2) is 0 Å². The Hall–Kier alpha value is -1.80. The third-order valence-electron chi connectivity index (χ3n) is 4.90. The molecule has 0 aliphatic carbocycles. The Bertz CT molecular complexity index is 719. The van der Waals surface area contributed by atoms with Crippen LogP contribution in [0.5, 0.6) is 11.5 Å². The second-order valence-corrected chi connectivity index (χ2v) is 7.93. The number of benzene rings is 2. The number of rotatable bonds is 10. The van der Waals surface area contributed by atoms with Gasteiger partial charge in [-0.15, -0.1) is 0 Å². The summed E-state index contributed by atoms with van der Waals surface area (Å²) in [6.45, 7) is 5.62. The first-order valence-corrected chi connectivity index (χ1v) is 10.7. The molecular weight excluding hydrogens is 436 g/mol. The molecule has 7 heteroatoms. The van der Waals surface area contributed by atoms with Gasteiger partial charge >= 0.3 is 0 Å². The van der Waals surface area contributed by atoms with Crippen molar-refractivity contribution in [1.82, 2.24) is 4.90 Å². The first-order chi connectivity index (χ1) is 14.1. The fraction of sp³-hybridized carbons (Fsp3) is 0.455. The fourth-order valence-electron chi connectivity index (χ4n) is 3.30. The first-order valence-electron chi connectivity index (χ1n) is 9.89. The lowest BCUT2D eigenvalue weighted by Crippen LogP contribution is -2.49. The minimum absolute atomic E-state index is 0.322. The molecular formula is C22H29BrN2O4. The molecule has 0 saturated carbocycles. The van der Waals surface area contributed by atoms with E-state index in [2.05, 4.69) is 37.9 Å². The maximum Gasteiger partial charge on any atom is 0.119 e. The Morgan fingerprint density at radius 1 is 0.931 bits per heavy atom. The van der Waals surface area contributed by atoms with Crippen LogP contribution in [0.4, 0.5) is 5.69 Å². The summed E-state index contributed by atoms with van der Waals surface area (Å²) in [6.07, 6.45) is -0.491. The van der Waals surface area contributed by atoms with E-state index in [-0.39, 0.29) is 0 Å². The van der Waals surface area contributed by atoms with E-state index in [1.165, 1.54) is 5.69 Å². The number of hydrogen-bond donors (Lipinski definition) is 1. The largest absolute Gasteiger partial charge is 0.497 e. The van der Waals surface area contributed by atoms with Crippen molar-refractivity contribution < 1.29 is 19.3 Å². The molecule has 0 aromatic heterocycles. The molecule has 2 aromatic rings. The number of aliphatic hydroxyl groups excluding tert-OH is 1. The SMILES string of the molecule is COc1ccc(N2CCN(C[C@@H](O)COCCOc3ccc(Br)cc3)CC2)cc1. The Balaban J connectivity index is 1.28. The summed E-state index contributed by atoms with van der Waals surface area (Å²) in [7, 11) is 1.68. The summed E-state index contributed by atoms with van der Waals surface area (Å²) >= 11 is 3.40. The van der Waals surface area contributed by atoms with E-state index in [1.807, 2.05) is 36.4 Å². The predicted molar refractivity (Wildman–Crippen MR) is 118 cm³/mol. The van der Waals surface area contributed by atoms with Crippen LogP contribution < -0.4 is 14.4 Å². The van der Waals surface area contributed by atoms with Gasteiger partial charge in [0.05, 0.1) is 26.4 Å². The average Bonchev–Trinajstić information content (AvgIpc) is 2.75. The van der Waals surface area contributed by atoms with Crippen molar-refractivity contribution in [1.29, 1.82) is 0 Å². The molecule has 1 atom stereocenters. The lowest BCUT2D eigenvalue weighted by molar-refractivity contribution is 0.00718. The third kappa shape index (κ3) is 7.19. The van der Waals surface area contributed by atoms with Gasteiger partial charge in [-0.05, 0) is 48.5 Å². The van der Waals surface area contributed by atoms with E-state index < -0.39 is 6.10 Å². The highest BCUT2D eigenvalue weighted by Gasteiger charge is 2.19. The second-order valence-electron chi connectivity index (χ2n) is 7.02. The molecule has 158 valence electrons. The molecule has 29 heavy (non-hydrogen) atoms. The van der Waals surface area contributed by atoms with Crippen LogP contribution in [0.2, 0.25) is 0 Å². The van der Waals surface area contributed by atoms with E-state index in [0.717, 1.165) is 42.2 Å². The van der Waals surface area contributed by atoms with Crippen molar-refractivity contribution in [2.45, 2.75) is 6.10 Å². The number of methoxy groups -OCH3 is 1. The number of aliphatic hydroxyl groups is 1. The van der Waals surface area contributed by atoms with Gasteiger partial charge in [0, 0.05) is 42.9 Å². The smallest absolute Gasteiger partial charge is 0.119 e.